The summed E-state index contributed by atoms with van der Waals surface area (Å²) >= 11 is 12.2. The summed E-state index contributed by atoms with van der Waals surface area (Å²) in [5.74, 6) is 0.160. The molecule has 0 saturated carbocycles. The quantitative estimate of drug-likeness (QED) is 0.380. The molecule has 10 heteroatoms. The molecule has 172 valence electrons. The first kappa shape index (κ1) is 23.3. The number of ether oxygens (including phenoxy) is 1. The van der Waals surface area contributed by atoms with Crippen LogP contribution in [0.15, 0.2) is 36.8 Å². The highest BCUT2D eigenvalue weighted by Crippen LogP contribution is 2.31. The number of nitrogens with zero attached hydrogens (tertiary/aromatic N) is 5. The number of rotatable bonds is 7. The Bertz CT molecular complexity index is 1170. The average molecular weight is 489 g/mol. The van der Waals surface area contributed by atoms with Gasteiger partial charge in [-0.2, -0.15) is 10.4 Å². The Morgan fingerprint density at radius 3 is 2.76 bits per heavy atom. The van der Waals surface area contributed by atoms with Gasteiger partial charge in [0.25, 0.3) is 0 Å². The van der Waals surface area contributed by atoms with Gasteiger partial charge in [0, 0.05) is 48.1 Å². The number of benzene rings is 1. The predicted octanol–water partition coefficient (Wildman–Crippen LogP) is 4.76. The van der Waals surface area contributed by atoms with Crippen LogP contribution in [-0.2, 0) is 6.42 Å². The SMILES string of the molecule is N#CCN1CCC(n2cc(-c3cnc(N)c(OCCc4c(Cl)ccc(F)c4Cl)c3)cn2)CC1. The molecule has 2 aromatic heterocycles. The van der Waals surface area contributed by atoms with Crippen molar-refractivity contribution in [2.24, 2.45) is 0 Å². The highest BCUT2D eigenvalue weighted by molar-refractivity contribution is 6.36. The van der Waals surface area contributed by atoms with Crippen LogP contribution in [0.3, 0.4) is 0 Å². The molecule has 0 aliphatic carbocycles. The molecule has 0 atom stereocenters. The number of likely N-dealkylation sites (tertiary alicyclic amines) is 1. The number of pyridine rings is 1. The van der Waals surface area contributed by atoms with Crippen molar-refractivity contribution in [1.82, 2.24) is 19.7 Å². The fourth-order valence-corrected chi connectivity index (χ4v) is 4.48. The molecule has 0 bridgehead atoms. The summed E-state index contributed by atoms with van der Waals surface area (Å²) in [6.07, 6.45) is 7.68. The molecule has 0 radical (unpaired) electrons. The lowest BCUT2D eigenvalue weighted by Crippen LogP contribution is -2.34. The van der Waals surface area contributed by atoms with Gasteiger partial charge in [0.05, 0.1) is 36.5 Å². The maximum absolute atomic E-state index is 13.7. The molecule has 7 nitrogen and oxygen atoms in total. The lowest BCUT2D eigenvalue weighted by molar-refractivity contribution is 0.197. The molecule has 0 amide bonds. The predicted molar refractivity (Wildman–Crippen MR) is 126 cm³/mol. The molecule has 0 spiro atoms. The van der Waals surface area contributed by atoms with E-state index in [0.29, 0.717) is 35.3 Å². The molecule has 2 N–H and O–H groups in total. The van der Waals surface area contributed by atoms with Crippen LogP contribution in [0.25, 0.3) is 11.1 Å². The van der Waals surface area contributed by atoms with Gasteiger partial charge in [0.2, 0.25) is 0 Å². The maximum Gasteiger partial charge on any atom is 0.166 e. The van der Waals surface area contributed by atoms with E-state index in [0.717, 1.165) is 37.1 Å². The summed E-state index contributed by atoms with van der Waals surface area (Å²) in [6, 6.07) is 7.02. The highest BCUT2D eigenvalue weighted by atomic mass is 35.5. The Labute approximate surface area is 201 Å². The second-order valence-corrected chi connectivity index (χ2v) is 8.69. The van der Waals surface area contributed by atoms with E-state index in [-0.39, 0.29) is 17.4 Å². The zero-order valence-corrected chi connectivity index (χ0v) is 19.4. The summed E-state index contributed by atoms with van der Waals surface area (Å²) in [4.78, 5) is 6.40. The van der Waals surface area contributed by atoms with Crippen LogP contribution in [-0.4, -0.2) is 45.9 Å². The Hall–Kier alpha value is -2.86. The summed E-state index contributed by atoms with van der Waals surface area (Å²) in [5.41, 5.74) is 8.22. The normalized spacial score (nSPS) is 14.8. The van der Waals surface area contributed by atoms with Crippen LogP contribution < -0.4 is 10.5 Å². The van der Waals surface area contributed by atoms with E-state index in [1.807, 2.05) is 16.9 Å². The Kier molecular flexibility index (Phi) is 7.33. The fourth-order valence-electron chi connectivity index (χ4n) is 3.92. The van der Waals surface area contributed by atoms with Crippen molar-refractivity contribution in [1.29, 1.82) is 5.26 Å². The van der Waals surface area contributed by atoms with Gasteiger partial charge in [-0.3, -0.25) is 9.58 Å². The number of nitrogen functional groups attached to an aromatic ring is 1. The molecular formula is C23H23Cl2FN6O. The van der Waals surface area contributed by atoms with Crippen molar-refractivity contribution >= 4 is 29.0 Å². The van der Waals surface area contributed by atoms with E-state index < -0.39 is 5.82 Å². The summed E-state index contributed by atoms with van der Waals surface area (Å²) in [7, 11) is 0. The molecule has 1 aliphatic heterocycles. The number of nitriles is 1. The Morgan fingerprint density at radius 1 is 1.21 bits per heavy atom. The largest absolute Gasteiger partial charge is 0.489 e. The smallest absolute Gasteiger partial charge is 0.166 e. The van der Waals surface area contributed by atoms with Crippen LogP contribution in [0.5, 0.6) is 5.75 Å². The standard InChI is InChI=1S/C23H23Cl2FN6O/c24-19-1-2-20(26)22(25)18(19)5-10-33-21-11-15(12-29-23(21)28)16-13-30-32(14-16)17-3-7-31(8-4-17)9-6-27/h1-2,11-14,17H,3-5,7-10H2,(H2,28,29). The summed E-state index contributed by atoms with van der Waals surface area (Å²) in [5, 5.41) is 13.8. The average Bonchev–Trinajstić information content (AvgIpc) is 3.31. The molecule has 4 rings (SSSR count). The number of piperidine rings is 1. The number of anilines is 1. The van der Waals surface area contributed by atoms with Crippen molar-refractivity contribution in [3.8, 4) is 22.9 Å². The molecule has 1 aromatic carbocycles. The molecule has 1 fully saturated rings. The van der Waals surface area contributed by atoms with Gasteiger partial charge in [-0.1, -0.05) is 23.2 Å². The van der Waals surface area contributed by atoms with E-state index >= 15 is 0 Å². The molecule has 33 heavy (non-hydrogen) atoms. The van der Waals surface area contributed by atoms with E-state index in [1.165, 1.54) is 12.1 Å². The van der Waals surface area contributed by atoms with Crippen molar-refractivity contribution in [2.45, 2.75) is 25.3 Å². The molecule has 3 heterocycles. The van der Waals surface area contributed by atoms with Crippen LogP contribution in [0.4, 0.5) is 10.2 Å². The number of aromatic nitrogens is 3. The van der Waals surface area contributed by atoms with E-state index in [1.54, 1.807) is 12.4 Å². The van der Waals surface area contributed by atoms with Gasteiger partial charge >= 0.3 is 0 Å². The van der Waals surface area contributed by atoms with Gasteiger partial charge in [-0.15, -0.1) is 0 Å². The number of halogens is 3. The second-order valence-electron chi connectivity index (χ2n) is 7.90. The first-order chi connectivity index (χ1) is 16.0. The molecule has 0 unspecified atom stereocenters. The first-order valence-corrected chi connectivity index (χ1v) is 11.4. The third-order valence-corrected chi connectivity index (χ3v) is 6.55. The number of hydrogen-bond acceptors (Lipinski definition) is 6. The van der Waals surface area contributed by atoms with Crippen molar-refractivity contribution < 1.29 is 9.13 Å². The second kappa shape index (κ2) is 10.4. The van der Waals surface area contributed by atoms with Crippen molar-refractivity contribution in [2.75, 3.05) is 32.0 Å². The van der Waals surface area contributed by atoms with Crippen LogP contribution >= 0.6 is 23.2 Å². The number of hydrogen-bond donors (Lipinski definition) is 1. The van der Waals surface area contributed by atoms with Crippen molar-refractivity contribution in [3.63, 3.8) is 0 Å². The summed E-state index contributed by atoms with van der Waals surface area (Å²) in [6.45, 7) is 2.44. The van der Waals surface area contributed by atoms with E-state index in [2.05, 4.69) is 21.1 Å². The van der Waals surface area contributed by atoms with Gasteiger partial charge in [-0.05, 0) is 36.6 Å². The minimum absolute atomic E-state index is 0.00295. The Morgan fingerprint density at radius 2 is 2.00 bits per heavy atom. The lowest BCUT2D eigenvalue weighted by Gasteiger charge is -2.30. The fraction of sp³-hybridized carbons (Fsp3) is 0.348. The summed E-state index contributed by atoms with van der Waals surface area (Å²) < 4.78 is 21.5. The monoisotopic (exact) mass is 488 g/mol. The molecule has 1 saturated heterocycles. The zero-order chi connectivity index (χ0) is 23.4. The van der Waals surface area contributed by atoms with Gasteiger partial charge in [-0.25, -0.2) is 9.37 Å². The van der Waals surface area contributed by atoms with Crippen molar-refractivity contribution in [3.05, 3.63) is 58.2 Å². The minimum Gasteiger partial charge on any atom is -0.489 e. The van der Waals surface area contributed by atoms with Gasteiger partial charge < -0.3 is 10.5 Å². The third-order valence-electron chi connectivity index (χ3n) is 5.79. The third kappa shape index (κ3) is 5.38. The van der Waals surface area contributed by atoms with Crippen LogP contribution in [0, 0.1) is 17.1 Å². The first-order valence-electron chi connectivity index (χ1n) is 10.6. The minimum atomic E-state index is -0.521. The van der Waals surface area contributed by atoms with E-state index in [9.17, 15) is 4.39 Å². The van der Waals surface area contributed by atoms with Crippen LogP contribution in [0.1, 0.15) is 24.4 Å². The zero-order valence-electron chi connectivity index (χ0n) is 17.8. The number of nitrogens with two attached hydrogens (primary N) is 1. The van der Waals surface area contributed by atoms with Gasteiger partial charge in [0.15, 0.2) is 11.6 Å². The molecule has 1 aliphatic rings. The van der Waals surface area contributed by atoms with E-state index in [4.69, 9.17) is 38.9 Å². The molecular weight excluding hydrogens is 466 g/mol. The maximum atomic E-state index is 13.7. The molecule has 3 aromatic rings. The van der Waals surface area contributed by atoms with Gasteiger partial charge in [0.1, 0.15) is 5.82 Å². The lowest BCUT2D eigenvalue weighted by atomic mass is 10.1. The highest BCUT2D eigenvalue weighted by Gasteiger charge is 2.21. The topological polar surface area (TPSA) is 93.0 Å². The van der Waals surface area contributed by atoms with Crippen LogP contribution in [0.2, 0.25) is 10.0 Å². The Balaban J connectivity index is 1.42.